The summed E-state index contributed by atoms with van der Waals surface area (Å²) in [7, 11) is 0. The lowest BCUT2D eigenvalue weighted by atomic mass is 9.94. The number of piperidine rings is 1. The summed E-state index contributed by atoms with van der Waals surface area (Å²) in [6.45, 7) is 1.39. The first-order valence-electron chi connectivity index (χ1n) is 10.3. The quantitative estimate of drug-likeness (QED) is 0.743. The Morgan fingerprint density at radius 3 is 2.35 bits per heavy atom. The molecule has 0 spiro atoms. The number of anilines is 2. The largest absolute Gasteiger partial charge is 0.342 e. The number of carbonyl (C=O) groups is 3. The van der Waals surface area contributed by atoms with E-state index in [1.807, 2.05) is 30.3 Å². The van der Waals surface area contributed by atoms with Gasteiger partial charge < -0.3 is 15.1 Å². The summed E-state index contributed by atoms with van der Waals surface area (Å²) in [5, 5.41) is 3.54. The second-order valence-corrected chi connectivity index (χ2v) is 8.72. The first kappa shape index (κ1) is 21.7. The van der Waals surface area contributed by atoms with Crippen LogP contribution in [0.15, 0.2) is 48.5 Å². The minimum atomic E-state index is -0.344. The van der Waals surface area contributed by atoms with Gasteiger partial charge >= 0.3 is 0 Å². The maximum absolute atomic E-state index is 13.0. The van der Waals surface area contributed by atoms with Gasteiger partial charge in [-0.2, -0.15) is 0 Å². The summed E-state index contributed by atoms with van der Waals surface area (Å²) in [5.74, 6) is -0.711. The smallest absolute Gasteiger partial charge is 0.228 e. The van der Waals surface area contributed by atoms with Crippen molar-refractivity contribution in [3.8, 4) is 0 Å². The fourth-order valence-corrected chi connectivity index (χ4v) is 4.53. The van der Waals surface area contributed by atoms with Gasteiger partial charge in [-0.25, -0.2) is 0 Å². The number of carbonyl (C=O) groups excluding carboxylic acids is 3. The van der Waals surface area contributed by atoms with Crippen molar-refractivity contribution in [3.05, 3.63) is 58.6 Å². The highest BCUT2D eigenvalue weighted by Gasteiger charge is 2.38. The zero-order valence-electron chi connectivity index (χ0n) is 16.9. The highest BCUT2D eigenvalue weighted by atomic mass is 35.5. The zero-order chi connectivity index (χ0) is 22.0. The molecule has 0 aliphatic carbocycles. The van der Waals surface area contributed by atoms with Crippen molar-refractivity contribution in [2.24, 2.45) is 11.8 Å². The van der Waals surface area contributed by atoms with E-state index >= 15 is 0 Å². The van der Waals surface area contributed by atoms with Crippen molar-refractivity contribution in [1.82, 2.24) is 4.90 Å². The fourth-order valence-electron chi connectivity index (χ4n) is 4.19. The second-order valence-electron chi connectivity index (χ2n) is 7.93. The number of nitrogens with zero attached hydrogens (tertiary/aromatic N) is 2. The molecule has 0 aromatic heterocycles. The fraction of sp³-hybridized carbons (Fsp3) is 0.348. The Kier molecular flexibility index (Phi) is 6.49. The molecule has 2 saturated heterocycles. The van der Waals surface area contributed by atoms with Crippen molar-refractivity contribution in [3.63, 3.8) is 0 Å². The maximum Gasteiger partial charge on any atom is 0.228 e. The number of benzene rings is 2. The Bertz CT molecular complexity index is 991. The highest BCUT2D eigenvalue weighted by Crippen LogP contribution is 2.31. The molecule has 162 valence electrons. The van der Waals surface area contributed by atoms with E-state index in [-0.39, 0.29) is 36.0 Å². The van der Waals surface area contributed by atoms with E-state index in [4.69, 9.17) is 23.2 Å². The van der Waals surface area contributed by atoms with Gasteiger partial charge in [0.1, 0.15) is 0 Å². The number of nitrogens with one attached hydrogen (secondary N) is 1. The number of likely N-dealkylation sites (tertiary alicyclic amines) is 1. The minimum absolute atomic E-state index is 0.0106. The number of rotatable bonds is 4. The minimum Gasteiger partial charge on any atom is -0.342 e. The molecule has 2 aromatic rings. The molecule has 2 fully saturated rings. The Labute approximate surface area is 191 Å². The van der Waals surface area contributed by atoms with Gasteiger partial charge in [0.05, 0.1) is 21.7 Å². The molecule has 3 amide bonds. The molecule has 8 heteroatoms. The summed E-state index contributed by atoms with van der Waals surface area (Å²) >= 11 is 12.2. The second kappa shape index (κ2) is 9.28. The summed E-state index contributed by atoms with van der Waals surface area (Å²) in [5.41, 5.74) is 1.31. The molecule has 1 N–H and O–H groups in total. The first-order valence-corrected chi connectivity index (χ1v) is 11.1. The third-order valence-corrected chi connectivity index (χ3v) is 6.75. The molecule has 31 heavy (non-hydrogen) atoms. The van der Waals surface area contributed by atoms with Crippen LogP contribution in [0.1, 0.15) is 19.3 Å². The summed E-state index contributed by atoms with van der Waals surface area (Å²) in [6.07, 6.45) is 1.36. The monoisotopic (exact) mass is 459 g/mol. The van der Waals surface area contributed by atoms with Gasteiger partial charge in [-0.05, 0) is 37.1 Å². The van der Waals surface area contributed by atoms with Gasteiger partial charge in [-0.3, -0.25) is 14.4 Å². The van der Waals surface area contributed by atoms with Gasteiger partial charge in [0, 0.05) is 37.7 Å². The van der Waals surface area contributed by atoms with Crippen LogP contribution in [0.5, 0.6) is 0 Å². The van der Waals surface area contributed by atoms with E-state index < -0.39 is 0 Å². The lowest BCUT2D eigenvalue weighted by Crippen LogP contribution is -2.44. The molecule has 2 aromatic carbocycles. The Morgan fingerprint density at radius 2 is 1.65 bits per heavy atom. The van der Waals surface area contributed by atoms with Crippen molar-refractivity contribution in [2.45, 2.75) is 19.3 Å². The van der Waals surface area contributed by atoms with Crippen molar-refractivity contribution in [1.29, 1.82) is 0 Å². The van der Waals surface area contributed by atoms with Gasteiger partial charge in [0.2, 0.25) is 17.7 Å². The van der Waals surface area contributed by atoms with E-state index in [0.717, 1.165) is 5.69 Å². The van der Waals surface area contributed by atoms with Crippen LogP contribution in [-0.2, 0) is 14.4 Å². The molecule has 2 aliphatic rings. The molecular formula is C23H23Cl2N3O3. The molecule has 2 heterocycles. The van der Waals surface area contributed by atoms with E-state index in [9.17, 15) is 14.4 Å². The predicted octanol–water partition coefficient (Wildman–Crippen LogP) is 4.22. The van der Waals surface area contributed by atoms with Crippen LogP contribution in [0.25, 0.3) is 0 Å². The van der Waals surface area contributed by atoms with Crippen molar-refractivity contribution >= 4 is 52.3 Å². The molecular weight excluding hydrogens is 437 g/mol. The number of amides is 3. The molecule has 0 saturated carbocycles. The van der Waals surface area contributed by atoms with Crippen LogP contribution in [0, 0.1) is 11.8 Å². The SMILES string of the molecule is O=C(Nc1cccc(Cl)c1Cl)C1CCN(C(=O)C2CC(=O)N(c3ccccc3)C2)CC1. The van der Waals surface area contributed by atoms with E-state index in [1.54, 1.807) is 28.0 Å². The van der Waals surface area contributed by atoms with Crippen LogP contribution < -0.4 is 10.2 Å². The average molecular weight is 460 g/mol. The number of para-hydroxylation sites is 1. The average Bonchev–Trinajstić information content (AvgIpc) is 3.18. The van der Waals surface area contributed by atoms with E-state index in [2.05, 4.69) is 5.32 Å². The highest BCUT2D eigenvalue weighted by molar-refractivity contribution is 6.44. The maximum atomic E-state index is 13.0. The summed E-state index contributed by atoms with van der Waals surface area (Å²) < 4.78 is 0. The number of hydrogen-bond acceptors (Lipinski definition) is 3. The Hall–Kier alpha value is -2.57. The third kappa shape index (κ3) is 4.70. The van der Waals surface area contributed by atoms with Gasteiger partial charge in [-0.1, -0.05) is 47.5 Å². The molecule has 0 radical (unpaired) electrons. The summed E-state index contributed by atoms with van der Waals surface area (Å²) in [4.78, 5) is 41.5. The van der Waals surface area contributed by atoms with Gasteiger partial charge in [-0.15, -0.1) is 0 Å². The molecule has 0 bridgehead atoms. The first-order chi connectivity index (χ1) is 14.9. The van der Waals surface area contributed by atoms with Crippen LogP contribution in [0.3, 0.4) is 0 Å². The van der Waals surface area contributed by atoms with Crippen LogP contribution in [0.2, 0.25) is 10.0 Å². The third-order valence-electron chi connectivity index (χ3n) is 5.93. The van der Waals surface area contributed by atoms with Crippen LogP contribution >= 0.6 is 23.2 Å². The van der Waals surface area contributed by atoms with Crippen LogP contribution in [0.4, 0.5) is 11.4 Å². The summed E-state index contributed by atoms with van der Waals surface area (Å²) in [6, 6.07) is 14.5. The standard InChI is InChI=1S/C23H23Cl2N3O3/c24-18-7-4-8-19(21(18)25)26-22(30)15-9-11-27(12-10-15)23(31)16-13-20(29)28(14-16)17-5-2-1-3-6-17/h1-8,15-16H,9-14H2,(H,26,30). The molecule has 6 nitrogen and oxygen atoms in total. The Balaban J connectivity index is 1.31. The molecule has 4 rings (SSSR count). The molecule has 1 atom stereocenters. The van der Waals surface area contributed by atoms with Crippen molar-refractivity contribution < 1.29 is 14.4 Å². The number of hydrogen-bond donors (Lipinski definition) is 1. The molecule has 1 unspecified atom stereocenters. The van der Waals surface area contributed by atoms with Gasteiger partial charge in [0.15, 0.2) is 0 Å². The lowest BCUT2D eigenvalue weighted by Gasteiger charge is -2.33. The normalized spacial score (nSPS) is 19.5. The molecule has 2 aliphatic heterocycles. The zero-order valence-corrected chi connectivity index (χ0v) is 18.4. The van der Waals surface area contributed by atoms with E-state index in [1.165, 1.54) is 0 Å². The van der Waals surface area contributed by atoms with Crippen LogP contribution in [-0.4, -0.2) is 42.3 Å². The van der Waals surface area contributed by atoms with E-state index in [0.29, 0.717) is 48.2 Å². The van der Waals surface area contributed by atoms with Gasteiger partial charge in [0.25, 0.3) is 0 Å². The Morgan fingerprint density at radius 1 is 0.935 bits per heavy atom. The lowest BCUT2D eigenvalue weighted by molar-refractivity contribution is -0.138. The predicted molar refractivity (Wildman–Crippen MR) is 121 cm³/mol. The number of halogens is 2. The van der Waals surface area contributed by atoms with Crippen molar-refractivity contribution in [2.75, 3.05) is 29.9 Å². The topological polar surface area (TPSA) is 69.7 Å².